The molecular weight excluding hydrogens is 446 g/mol. The molecule has 8 nitrogen and oxygen atoms in total. The van der Waals surface area contributed by atoms with Crippen molar-refractivity contribution in [2.75, 3.05) is 18.9 Å². The Bertz CT molecular complexity index is 1140. The van der Waals surface area contributed by atoms with E-state index in [4.69, 9.17) is 14.2 Å². The molecule has 2 aromatic rings. The number of benzene rings is 2. The van der Waals surface area contributed by atoms with E-state index in [-0.39, 0.29) is 11.3 Å². The van der Waals surface area contributed by atoms with Crippen molar-refractivity contribution in [3.05, 3.63) is 54.1 Å². The first kappa shape index (κ1) is 24.6. The van der Waals surface area contributed by atoms with Crippen molar-refractivity contribution >= 4 is 27.6 Å². The fraction of sp³-hybridized carbons (Fsp3) is 0.417. The molecule has 0 saturated heterocycles. The number of anilines is 1. The van der Waals surface area contributed by atoms with E-state index in [9.17, 15) is 18.0 Å². The minimum Gasteiger partial charge on any atom is -0.497 e. The van der Waals surface area contributed by atoms with E-state index in [1.165, 1.54) is 26.4 Å². The minimum atomic E-state index is -3.82. The van der Waals surface area contributed by atoms with Crippen LogP contribution in [0, 0.1) is 11.3 Å². The zero-order chi connectivity index (χ0) is 24.4. The van der Waals surface area contributed by atoms with Gasteiger partial charge in [0, 0.05) is 5.69 Å². The molecule has 2 aromatic carbocycles. The second-order valence-electron chi connectivity index (χ2n) is 9.10. The smallest absolute Gasteiger partial charge is 0.313 e. The highest BCUT2D eigenvalue weighted by Gasteiger charge is 2.65. The molecule has 9 heteroatoms. The van der Waals surface area contributed by atoms with Gasteiger partial charge in [0.05, 0.1) is 30.4 Å². The topological polar surface area (TPSA) is 108 Å². The highest BCUT2D eigenvalue weighted by molar-refractivity contribution is 7.92. The Balaban J connectivity index is 1.79. The zero-order valence-electron chi connectivity index (χ0n) is 19.4. The van der Waals surface area contributed by atoms with Crippen LogP contribution >= 0.6 is 0 Å². The van der Waals surface area contributed by atoms with Crippen molar-refractivity contribution in [2.45, 2.75) is 44.1 Å². The van der Waals surface area contributed by atoms with Crippen LogP contribution in [-0.4, -0.2) is 40.2 Å². The van der Waals surface area contributed by atoms with Crippen molar-refractivity contribution in [3.8, 4) is 5.75 Å². The molecule has 0 heterocycles. The summed E-state index contributed by atoms with van der Waals surface area (Å²) in [6.45, 7) is 5.31. The molecule has 1 aliphatic carbocycles. The van der Waals surface area contributed by atoms with Gasteiger partial charge in [0.25, 0.3) is 10.0 Å². The third kappa shape index (κ3) is 5.65. The lowest BCUT2D eigenvalue weighted by Gasteiger charge is -2.21. The van der Waals surface area contributed by atoms with Crippen LogP contribution in [0.4, 0.5) is 5.69 Å². The van der Waals surface area contributed by atoms with Gasteiger partial charge in [-0.2, -0.15) is 0 Å². The summed E-state index contributed by atoms with van der Waals surface area (Å²) in [6, 6.07) is 12.8. The maximum atomic E-state index is 12.8. The first-order valence-electron chi connectivity index (χ1n) is 10.5. The summed E-state index contributed by atoms with van der Waals surface area (Å²) in [5.74, 6) is -0.983. The highest BCUT2D eigenvalue weighted by Crippen LogP contribution is 2.56. The standard InChI is InChI=1S/C24H29NO7S/c1-23(2,3)32-21(26)20-15-24(20,22(27)31-5)14-16-7-6-8-17(13-16)25-33(28,29)19-11-9-18(30-4)10-12-19/h6-13,20,25H,14-15H2,1-5H3/t20-,24+/m1/s1. The lowest BCUT2D eigenvalue weighted by Crippen LogP contribution is -2.30. The van der Waals surface area contributed by atoms with Crippen LogP contribution in [0.1, 0.15) is 32.8 Å². The van der Waals surface area contributed by atoms with Crippen molar-refractivity contribution in [1.29, 1.82) is 0 Å². The Morgan fingerprint density at radius 2 is 1.76 bits per heavy atom. The minimum absolute atomic E-state index is 0.0897. The quantitative estimate of drug-likeness (QED) is 0.582. The van der Waals surface area contributed by atoms with E-state index >= 15 is 0 Å². The van der Waals surface area contributed by atoms with E-state index in [1.54, 1.807) is 57.2 Å². The molecule has 1 fully saturated rings. The molecular formula is C24H29NO7S. The predicted octanol–water partition coefficient (Wildman–Crippen LogP) is 3.56. The Labute approximate surface area is 194 Å². The molecule has 33 heavy (non-hydrogen) atoms. The monoisotopic (exact) mass is 475 g/mol. The van der Waals surface area contributed by atoms with Crippen molar-refractivity contribution in [1.82, 2.24) is 0 Å². The first-order valence-corrected chi connectivity index (χ1v) is 12.0. The maximum Gasteiger partial charge on any atom is 0.313 e. The number of esters is 2. The average Bonchev–Trinajstić information content (AvgIpc) is 3.47. The molecule has 0 aliphatic heterocycles. The SMILES string of the molecule is COC(=O)[C@@]1(Cc2cccc(NS(=O)(=O)c3ccc(OC)cc3)c2)C[C@@H]1C(=O)OC(C)(C)C. The number of carbonyl (C=O) groups excluding carboxylic acids is 2. The van der Waals surface area contributed by atoms with Gasteiger partial charge in [-0.3, -0.25) is 14.3 Å². The fourth-order valence-corrected chi connectivity index (χ4v) is 4.81. The first-order chi connectivity index (χ1) is 15.4. The number of hydrogen-bond donors (Lipinski definition) is 1. The second-order valence-corrected chi connectivity index (χ2v) is 10.8. The lowest BCUT2D eigenvalue weighted by molar-refractivity contribution is -0.161. The van der Waals surface area contributed by atoms with Gasteiger partial charge in [0.2, 0.25) is 0 Å². The predicted molar refractivity (Wildman–Crippen MR) is 122 cm³/mol. The number of hydrogen-bond acceptors (Lipinski definition) is 7. The summed E-state index contributed by atoms with van der Waals surface area (Å²) in [5, 5.41) is 0. The van der Waals surface area contributed by atoms with E-state index in [0.29, 0.717) is 23.4 Å². The molecule has 3 rings (SSSR count). The summed E-state index contributed by atoms with van der Waals surface area (Å²) < 4.78 is 43.6. The van der Waals surface area contributed by atoms with E-state index in [2.05, 4.69) is 4.72 Å². The van der Waals surface area contributed by atoms with Crippen molar-refractivity contribution in [2.24, 2.45) is 11.3 Å². The van der Waals surface area contributed by atoms with Crippen molar-refractivity contribution in [3.63, 3.8) is 0 Å². The van der Waals surface area contributed by atoms with Gasteiger partial charge in [0.1, 0.15) is 11.4 Å². The van der Waals surface area contributed by atoms with Crippen molar-refractivity contribution < 1.29 is 32.2 Å². The summed E-state index contributed by atoms with van der Waals surface area (Å²) in [5.41, 5.74) is -0.648. The van der Waals surface area contributed by atoms with Gasteiger partial charge in [0.15, 0.2) is 0 Å². The van der Waals surface area contributed by atoms with Crippen LogP contribution < -0.4 is 9.46 Å². The van der Waals surface area contributed by atoms with Gasteiger partial charge >= 0.3 is 11.9 Å². The summed E-state index contributed by atoms with van der Waals surface area (Å²) >= 11 is 0. The molecule has 0 bridgehead atoms. The molecule has 0 radical (unpaired) electrons. The Kier molecular flexibility index (Phi) is 6.74. The van der Waals surface area contributed by atoms with Crippen LogP contribution in [0.3, 0.4) is 0 Å². The molecule has 2 atom stereocenters. The molecule has 1 saturated carbocycles. The highest BCUT2D eigenvalue weighted by atomic mass is 32.2. The molecule has 1 N–H and O–H groups in total. The third-order valence-corrected chi connectivity index (χ3v) is 6.82. The maximum absolute atomic E-state index is 12.8. The summed E-state index contributed by atoms with van der Waals surface area (Å²) in [7, 11) is -1.03. The van der Waals surface area contributed by atoms with Gasteiger partial charge < -0.3 is 14.2 Å². The number of rotatable bonds is 8. The van der Waals surface area contributed by atoms with Crippen LogP contribution in [0.15, 0.2) is 53.4 Å². The van der Waals surface area contributed by atoms with Crippen LogP contribution in [0.5, 0.6) is 5.75 Å². The Morgan fingerprint density at radius 3 is 2.33 bits per heavy atom. The van der Waals surface area contributed by atoms with Gasteiger partial charge in [-0.15, -0.1) is 0 Å². The summed E-state index contributed by atoms with van der Waals surface area (Å²) in [4.78, 5) is 25.2. The molecule has 0 unspecified atom stereocenters. The Morgan fingerprint density at radius 1 is 1.09 bits per heavy atom. The molecule has 0 spiro atoms. The van der Waals surface area contributed by atoms with E-state index in [1.807, 2.05) is 0 Å². The molecule has 178 valence electrons. The van der Waals surface area contributed by atoms with Gasteiger partial charge in [-0.05, 0) is 75.6 Å². The second kappa shape index (κ2) is 9.05. The normalized spacial score (nSPS) is 20.0. The number of ether oxygens (including phenoxy) is 3. The van der Waals surface area contributed by atoms with E-state index in [0.717, 1.165) is 0 Å². The molecule has 0 amide bonds. The van der Waals surface area contributed by atoms with Crippen LogP contribution in [0.25, 0.3) is 0 Å². The Hall–Kier alpha value is -3.07. The molecule has 0 aromatic heterocycles. The number of sulfonamides is 1. The largest absolute Gasteiger partial charge is 0.497 e. The number of carbonyl (C=O) groups is 2. The van der Waals surface area contributed by atoms with Gasteiger partial charge in [-0.1, -0.05) is 12.1 Å². The lowest BCUT2D eigenvalue weighted by atomic mass is 9.93. The van der Waals surface area contributed by atoms with E-state index < -0.39 is 38.9 Å². The number of methoxy groups -OCH3 is 2. The zero-order valence-corrected chi connectivity index (χ0v) is 20.2. The van der Waals surface area contributed by atoms with Crippen LogP contribution in [-0.2, 0) is 35.5 Å². The van der Waals surface area contributed by atoms with Crippen LogP contribution in [0.2, 0.25) is 0 Å². The average molecular weight is 476 g/mol. The van der Waals surface area contributed by atoms with Gasteiger partial charge in [-0.25, -0.2) is 8.42 Å². The molecule has 1 aliphatic rings. The fourth-order valence-electron chi connectivity index (χ4n) is 3.76. The third-order valence-electron chi connectivity index (χ3n) is 5.43. The number of nitrogens with one attached hydrogen (secondary N) is 1. The summed E-state index contributed by atoms with van der Waals surface area (Å²) in [6.07, 6.45) is 0.540.